The van der Waals surface area contributed by atoms with Gasteiger partial charge in [0.2, 0.25) is 5.58 Å². The van der Waals surface area contributed by atoms with Gasteiger partial charge in [-0.05, 0) is 37.6 Å². The summed E-state index contributed by atoms with van der Waals surface area (Å²) < 4.78 is 8.04. The Bertz CT molecular complexity index is 822. The molecule has 3 aromatic rings. The van der Waals surface area contributed by atoms with Gasteiger partial charge >= 0.3 is 5.89 Å². The molecule has 0 saturated carbocycles. The predicted molar refractivity (Wildman–Crippen MR) is 90.9 cm³/mol. The number of para-hydroxylation sites is 1. The lowest BCUT2D eigenvalue weighted by Crippen LogP contribution is -2.33. The third kappa shape index (κ3) is 2.85. The van der Waals surface area contributed by atoms with Crippen molar-refractivity contribution in [3.63, 3.8) is 0 Å². The summed E-state index contributed by atoms with van der Waals surface area (Å²) >= 11 is 6.22. The van der Waals surface area contributed by atoms with Gasteiger partial charge in [-0.1, -0.05) is 29.8 Å². The molecule has 1 heterocycles. The largest absolute Gasteiger partial charge is 0.398 e. The van der Waals surface area contributed by atoms with Crippen LogP contribution in [0.1, 0.15) is 18.4 Å². The van der Waals surface area contributed by atoms with Gasteiger partial charge in [-0.15, -0.1) is 0 Å². The summed E-state index contributed by atoms with van der Waals surface area (Å²) in [6, 6.07) is 13.9. The van der Waals surface area contributed by atoms with Gasteiger partial charge in [0.15, 0.2) is 0 Å². The predicted octanol–water partition coefficient (Wildman–Crippen LogP) is 4.78. The van der Waals surface area contributed by atoms with Crippen LogP contribution in [0.2, 0.25) is 5.02 Å². The van der Waals surface area contributed by atoms with E-state index in [-0.39, 0.29) is 0 Å². The Morgan fingerprint density at radius 1 is 1.23 bits per heavy atom. The minimum Gasteiger partial charge on any atom is -0.398 e. The molecule has 3 nitrogen and oxygen atoms in total. The zero-order valence-electron chi connectivity index (χ0n) is 12.6. The molecular formula is C18H18ClN2O+. The molecule has 2 aromatic carbocycles. The zero-order valence-corrected chi connectivity index (χ0v) is 13.4. The van der Waals surface area contributed by atoms with Crippen molar-refractivity contribution >= 4 is 34.5 Å². The van der Waals surface area contributed by atoms with Gasteiger partial charge in [0.25, 0.3) is 5.52 Å². The maximum atomic E-state index is 6.22. The van der Waals surface area contributed by atoms with Crippen molar-refractivity contribution in [1.82, 2.24) is 0 Å². The van der Waals surface area contributed by atoms with E-state index in [0.717, 1.165) is 39.8 Å². The fourth-order valence-corrected chi connectivity index (χ4v) is 2.58. The van der Waals surface area contributed by atoms with Crippen LogP contribution in [0.4, 0.5) is 5.69 Å². The van der Waals surface area contributed by atoms with Crippen LogP contribution in [0.25, 0.3) is 17.2 Å². The highest BCUT2D eigenvalue weighted by Crippen LogP contribution is 2.23. The lowest BCUT2D eigenvalue weighted by atomic mass is 10.2. The molecule has 0 aliphatic heterocycles. The van der Waals surface area contributed by atoms with E-state index >= 15 is 0 Å². The van der Waals surface area contributed by atoms with Crippen molar-refractivity contribution in [1.29, 1.82) is 0 Å². The fraction of sp³-hybridized carbons (Fsp3) is 0.167. The lowest BCUT2D eigenvalue weighted by Gasteiger charge is -1.97. The first-order valence-electron chi connectivity index (χ1n) is 7.29. The third-order valence-corrected chi connectivity index (χ3v) is 3.98. The summed E-state index contributed by atoms with van der Waals surface area (Å²) in [6.07, 6.45) is 3.81. The van der Waals surface area contributed by atoms with Gasteiger partial charge in [-0.25, -0.2) is 0 Å². The lowest BCUT2D eigenvalue weighted by molar-refractivity contribution is -0.674. The van der Waals surface area contributed by atoms with E-state index in [4.69, 9.17) is 16.0 Å². The van der Waals surface area contributed by atoms with E-state index in [1.54, 1.807) is 0 Å². The van der Waals surface area contributed by atoms with Gasteiger partial charge in [0.1, 0.15) is 6.54 Å². The van der Waals surface area contributed by atoms with Gasteiger partial charge in [0.05, 0.1) is 11.1 Å². The molecule has 0 bridgehead atoms. The van der Waals surface area contributed by atoms with E-state index in [2.05, 4.69) is 16.8 Å². The summed E-state index contributed by atoms with van der Waals surface area (Å²) in [5.74, 6) is 0.794. The van der Waals surface area contributed by atoms with Crippen molar-refractivity contribution in [2.24, 2.45) is 0 Å². The Kier molecular flexibility index (Phi) is 4.16. The minimum absolute atomic E-state index is 0.758. The van der Waals surface area contributed by atoms with Crippen LogP contribution in [0.15, 0.2) is 53.1 Å². The number of rotatable bonds is 4. The van der Waals surface area contributed by atoms with Gasteiger partial charge in [-0.3, -0.25) is 0 Å². The first-order valence-corrected chi connectivity index (χ1v) is 7.67. The number of hydrogen-bond acceptors (Lipinski definition) is 2. The number of hydrogen-bond donors (Lipinski definition) is 1. The van der Waals surface area contributed by atoms with E-state index < -0.39 is 0 Å². The maximum absolute atomic E-state index is 6.22. The molecule has 0 saturated heterocycles. The molecule has 0 fully saturated rings. The second-order valence-electron chi connectivity index (χ2n) is 5.10. The van der Waals surface area contributed by atoms with Crippen LogP contribution in [0.5, 0.6) is 0 Å². The van der Waals surface area contributed by atoms with Crippen LogP contribution < -0.4 is 9.88 Å². The standard InChI is InChI=1S/C18H17ClN2O/c1-3-21-16-12-15(19)13(2)11-17(16)22-18(21)9-10-20-14-7-5-4-6-8-14/h4-12H,3H2,1-2H3/p+1. The highest BCUT2D eigenvalue weighted by Gasteiger charge is 2.20. The molecule has 0 aliphatic carbocycles. The highest BCUT2D eigenvalue weighted by atomic mass is 35.5. The van der Waals surface area contributed by atoms with E-state index in [9.17, 15) is 0 Å². The molecule has 3 rings (SSSR count). The normalized spacial score (nSPS) is 11.4. The Hall–Kier alpha value is -2.26. The summed E-state index contributed by atoms with van der Waals surface area (Å²) in [5.41, 5.74) is 3.92. The van der Waals surface area contributed by atoms with E-state index in [1.807, 2.05) is 61.7 Å². The molecule has 0 unspecified atom stereocenters. The number of anilines is 1. The van der Waals surface area contributed by atoms with Crippen LogP contribution >= 0.6 is 11.6 Å². The van der Waals surface area contributed by atoms with Crippen molar-refractivity contribution < 1.29 is 8.98 Å². The SMILES string of the molecule is CC[n+]1c(C=CNc2ccccc2)oc2cc(C)c(Cl)cc21. The van der Waals surface area contributed by atoms with Crippen LogP contribution in [-0.4, -0.2) is 0 Å². The first-order chi connectivity index (χ1) is 10.7. The number of benzene rings is 2. The van der Waals surface area contributed by atoms with E-state index in [0.29, 0.717) is 0 Å². The summed E-state index contributed by atoms with van der Waals surface area (Å²) in [6.45, 7) is 4.88. The average molecular weight is 314 g/mol. The number of nitrogens with one attached hydrogen (secondary N) is 1. The number of nitrogens with zero attached hydrogens (tertiary/aromatic N) is 1. The third-order valence-electron chi connectivity index (χ3n) is 3.58. The van der Waals surface area contributed by atoms with Crippen molar-refractivity contribution in [3.05, 3.63) is 65.1 Å². The Morgan fingerprint density at radius 2 is 2.00 bits per heavy atom. The van der Waals surface area contributed by atoms with Crippen LogP contribution in [-0.2, 0) is 6.54 Å². The minimum atomic E-state index is 0.758. The summed E-state index contributed by atoms with van der Waals surface area (Å²) in [7, 11) is 0. The summed E-state index contributed by atoms with van der Waals surface area (Å²) in [4.78, 5) is 0. The Balaban J connectivity index is 1.93. The van der Waals surface area contributed by atoms with Crippen LogP contribution in [0, 0.1) is 6.92 Å². The topological polar surface area (TPSA) is 29.1 Å². The molecule has 0 amide bonds. The maximum Gasteiger partial charge on any atom is 0.375 e. The van der Waals surface area contributed by atoms with Crippen molar-refractivity contribution in [2.75, 3.05) is 5.32 Å². The second-order valence-corrected chi connectivity index (χ2v) is 5.50. The van der Waals surface area contributed by atoms with Gasteiger partial charge in [0, 0.05) is 18.0 Å². The quantitative estimate of drug-likeness (QED) is 0.702. The molecule has 22 heavy (non-hydrogen) atoms. The smallest absolute Gasteiger partial charge is 0.375 e. The number of halogens is 1. The molecular weight excluding hydrogens is 296 g/mol. The van der Waals surface area contributed by atoms with Gasteiger partial charge < -0.3 is 9.73 Å². The number of aromatic nitrogens is 1. The molecule has 1 aromatic heterocycles. The van der Waals surface area contributed by atoms with Crippen molar-refractivity contribution in [2.45, 2.75) is 20.4 Å². The summed E-state index contributed by atoms with van der Waals surface area (Å²) in [5, 5.41) is 3.99. The molecule has 4 heteroatoms. The highest BCUT2D eigenvalue weighted by molar-refractivity contribution is 6.31. The molecule has 0 radical (unpaired) electrons. The molecule has 0 spiro atoms. The Labute approximate surface area is 134 Å². The van der Waals surface area contributed by atoms with Gasteiger partial charge in [-0.2, -0.15) is 4.57 Å². The van der Waals surface area contributed by atoms with Crippen LogP contribution in [0.3, 0.4) is 0 Å². The average Bonchev–Trinajstić information content (AvgIpc) is 2.85. The second kappa shape index (κ2) is 6.24. The van der Waals surface area contributed by atoms with E-state index in [1.165, 1.54) is 0 Å². The molecule has 112 valence electrons. The molecule has 0 atom stereocenters. The number of aryl methyl sites for hydroxylation is 2. The number of oxazole rings is 1. The first kappa shape index (κ1) is 14.7. The molecule has 0 aliphatic rings. The zero-order chi connectivity index (χ0) is 15.5. The van der Waals surface area contributed by atoms with Crippen molar-refractivity contribution in [3.8, 4) is 0 Å². The fourth-order valence-electron chi connectivity index (χ4n) is 2.42. The Morgan fingerprint density at radius 3 is 2.73 bits per heavy atom. The number of fused-ring (bicyclic) bond motifs is 1. The monoisotopic (exact) mass is 313 g/mol. The molecule has 1 N–H and O–H groups in total.